The molecule has 0 aromatic heterocycles. The number of unbranched alkanes of at least 4 members (excludes halogenated alkanes) is 6. The third-order valence-electron chi connectivity index (χ3n) is 12.3. The number of carboxylic acid groups (broad SMARTS) is 1. The second-order valence-electron chi connectivity index (χ2n) is 16.4. The molecule has 290 valence electrons. The van der Waals surface area contributed by atoms with Gasteiger partial charge in [0.25, 0.3) is 11.8 Å². The highest BCUT2D eigenvalue weighted by Crippen LogP contribution is 2.45. The minimum atomic E-state index is -1.18. The average Bonchev–Trinajstić information content (AvgIpc) is 3.49. The monoisotopic (exact) mass is 746 g/mol. The molecule has 3 heterocycles. The van der Waals surface area contributed by atoms with Crippen molar-refractivity contribution in [2.45, 2.75) is 123 Å². The molecule has 1 fully saturated rings. The Bertz CT molecular complexity index is 2150. The van der Waals surface area contributed by atoms with Crippen LogP contribution in [0.5, 0.6) is 0 Å². The molecule has 0 spiro atoms. The topological polar surface area (TPSA) is 107 Å². The van der Waals surface area contributed by atoms with Crippen molar-refractivity contribution in [3.05, 3.63) is 97.5 Å². The number of nitrogens with zero attached hydrogens (tertiary/aromatic N) is 3. The van der Waals surface area contributed by atoms with Gasteiger partial charge in [-0.15, -0.1) is 5.06 Å². The van der Waals surface area contributed by atoms with Crippen molar-refractivity contribution in [3.8, 4) is 0 Å². The Morgan fingerprint density at radius 1 is 0.800 bits per heavy atom. The van der Waals surface area contributed by atoms with E-state index in [0.717, 1.165) is 81.1 Å². The first-order chi connectivity index (χ1) is 26.5. The first-order valence-corrected chi connectivity index (χ1v) is 20.7. The number of hydrogen-bond acceptors (Lipinski definition) is 6. The van der Waals surface area contributed by atoms with Gasteiger partial charge in [-0.2, -0.15) is 0 Å². The van der Waals surface area contributed by atoms with E-state index in [1.165, 1.54) is 77.9 Å². The van der Waals surface area contributed by atoms with E-state index < -0.39 is 23.8 Å². The van der Waals surface area contributed by atoms with E-state index in [9.17, 15) is 24.3 Å². The molecule has 0 bridgehead atoms. The number of aromatic carboxylic acids is 1. The molecule has 3 aromatic carbocycles. The summed E-state index contributed by atoms with van der Waals surface area (Å²) >= 11 is 0. The molecule has 0 saturated carbocycles. The summed E-state index contributed by atoms with van der Waals surface area (Å²) in [5, 5.41) is 13.6. The Labute approximate surface area is 324 Å². The number of anilines is 1. The van der Waals surface area contributed by atoms with Gasteiger partial charge in [-0.25, -0.2) is 14.2 Å². The summed E-state index contributed by atoms with van der Waals surface area (Å²) < 4.78 is 2.56. The molecule has 2 amide bonds. The third kappa shape index (κ3) is 7.47. The Morgan fingerprint density at radius 2 is 1.53 bits per heavy atom. The van der Waals surface area contributed by atoms with Crippen molar-refractivity contribution in [1.29, 1.82) is 0 Å². The molecule has 0 atom stereocenters. The zero-order chi connectivity index (χ0) is 38.9. The summed E-state index contributed by atoms with van der Waals surface area (Å²) in [5.41, 5.74) is 8.15. The molecule has 3 aliphatic heterocycles. The molecule has 9 heteroatoms. The van der Waals surface area contributed by atoms with Gasteiger partial charge in [0.2, 0.25) is 5.36 Å². The van der Waals surface area contributed by atoms with Crippen LogP contribution in [0.25, 0.3) is 5.57 Å². The second-order valence-corrected chi connectivity index (χ2v) is 16.4. The summed E-state index contributed by atoms with van der Waals surface area (Å²) in [4.78, 5) is 58.6. The van der Waals surface area contributed by atoms with Crippen molar-refractivity contribution < 1.29 is 29.1 Å². The van der Waals surface area contributed by atoms with Crippen molar-refractivity contribution in [2.24, 2.45) is 0 Å². The maximum Gasteiger partial charge on any atom is 0.363 e. The van der Waals surface area contributed by atoms with Crippen molar-refractivity contribution in [3.63, 3.8) is 0 Å². The standard InChI is InChI=1S/C46H55N3O6/c1-5-7-9-11-21-47-23-13-15-30-25-35-37(28-39(30)47)46(3,4)38-29-40-31(16-14-24-48(40)22-12-10-8-6-2)26-36(38)43(35)33-18-17-32(27-34(33)44(52)53)45(54)55-49-41(50)19-20-42(49)51/h17-18,25-29H,5-16,19-24H2,1-4H3/p+1. The van der Waals surface area contributed by atoms with E-state index in [1.807, 2.05) is 0 Å². The summed E-state index contributed by atoms with van der Waals surface area (Å²) in [7, 11) is 0. The van der Waals surface area contributed by atoms with E-state index >= 15 is 0 Å². The lowest BCUT2D eigenvalue weighted by molar-refractivity contribution is -0.172. The van der Waals surface area contributed by atoms with E-state index in [0.29, 0.717) is 10.6 Å². The second kappa shape index (κ2) is 16.1. The Morgan fingerprint density at radius 3 is 2.25 bits per heavy atom. The van der Waals surface area contributed by atoms with E-state index in [1.54, 1.807) is 12.1 Å². The van der Waals surface area contributed by atoms with Crippen LogP contribution in [0.3, 0.4) is 0 Å². The summed E-state index contributed by atoms with van der Waals surface area (Å²) in [5.74, 6) is -3.30. The van der Waals surface area contributed by atoms with Crippen LogP contribution in [0.2, 0.25) is 0 Å². The van der Waals surface area contributed by atoms with Crippen LogP contribution in [0, 0.1) is 0 Å². The fourth-order valence-corrected chi connectivity index (χ4v) is 9.23. The smallest absolute Gasteiger partial charge is 0.363 e. The SMILES string of the molecule is CCCCCCN1CCCc2cc3c(cc21)C(C)(C)c1cc2c(cc1=C3c1ccc(C(=O)ON3C(=O)CCC3=O)cc1C(=O)O)CCC[N+]=2CCCCCC. The number of carbonyl (C=O) groups excluding carboxylic acids is 3. The number of fused-ring (bicyclic) bond motifs is 4. The number of rotatable bonds is 14. The Kier molecular flexibility index (Phi) is 11.3. The first-order valence-electron chi connectivity index (χ1n) is 20.7. The zero-order valence-corrected chi connectivity index (χ0v) is 33.1. The number of hydrogen-bond donors (Lipinski definition) is 1. The van der Waals surface area contributed by atoms with Gasteiger partial charge in [-0.3, -0.25) is 9.59 Å². The number of benzene rings is 3. The van der Waals surface area contributed by atoms with Crippen LogP contribution in [0.1, 0.15) is 159 Å². The minimum Gasteiger partial charge on any atom is -0.478 e. The first kappa shape index (κ1) is 38.5. The third-order valence-corrected chi connectivity index (χ3v) is 12.3. The molecule has 9 nitrogen and oxygen atoms in total. The highest BCUT2D eigenvalue weighted by Gasteiger charge is 2.38. The molecular weight excluding hydrogens is 691 g/mol. The maximum atomic E-state index is 13.3. The molecule has 4 aliphatic rings. The molecule has 1 saturated heterocycles. The summed E-state index contributed by atoms with van der Waals surface area (Å²) in [6, 6.07) is 14.0. The number of imide groups is 1. The van der Waals surface area contributed by atoms with Gasteiger partial charge in [0.05, 0.1) is 11.1 Å². The fourth-order valence-electron chi connectivity index (χ4n) is 9.23. The van der Waals surface area contributed by atoms with E-state index in [-0.39, 0.29) is 29.4 Å². The van der Waals surface area contributed by atoms with Crippen molar-refractivity contribution in [1.82, 2.24) is 9.64 Å². The lowest BCUT2D eigenvalue weighted by atomic mass is 9.67. The normalized spacial score (nSPS) is 17.2. The van der Waals surface area contributed by atoms with Gasteiger partial charge in [0.15, 0.2) is 0 Å². The van der Waals surface area contributed by atoms with E-state index in [2.05, 4.69) is 61.4 Å². The van der Waals surface area contributed by atoms with Gasteiger partial charge in [-0.05, 0) is 101 Å². The summed E-state index contributed by atoms with van der Waals surface area (Å²) in [6.45, 7) is 13.2. The lowest BCUT2D eigenvalue weighted by Gasteiger charge is -2.39. The van der Waals surface area contributed by atoms with Gasteiger partial charge in [0.1, 0.15) is 13.1 Å². The number of amides is 2. The number of carbonyl (C=O) groups is 4. The van der Waals surface area contributed by atoms with Crippen LogP contribution in [0.15, 0.2) is 42.5 Å². The fraction of sp³-hybridized carbons (Fsp3) is 0.500. The van der Waals surface area contributed by atoms with Crippen LogP contribution in [-0.2, 0) is 32.7 Å². The quantitative estimate of drug-likeness (QED) is 0.109. The molecule has 7 rings (SSSR count). The van der Waals surface area contributed by atoms with Gasteiger partial charge < -0.3 is 14.8 Å². The number of hydroxylamine groups is 2. The van der Waals surface area contributed by atoms with E-state index in [4.69, 9.17) is 4.84 Å². The summed E-state index contributed by atoms with van der Waals surface area (Å²) in [6.07, 6.45) is 13.6. The van der Waals surface area contributed by atoms with Gasteiger partial charge >= 0.3 is 11.9 Å². The molecule has 55 heavy (non-hydrogen) atoms. The number of carboxylic acids is 1. The van der Waals surface area contributed by atoms with Crippen molar-refractivity contribution >= 4 is 35.0 Å². The van der Waals surface area contributed by atoms with Crippen molar-refractivity contribution in [2.75, 3.05) is 31.1 Å². The van der Waals surface area contributed by atoms with Crippen LogP contribution in [-0.4, -0.2) is 60.1 Å². The molecule has 1 N–H and O–H groups in total. The largest absolute Gasteiger partial charge is 0.478 e. The zero-order valence-electron chi connectivity index (χ0n) is 33.1. The minimum absolute atomic E-state index is 0.0282. The molecule has 3 aromatic rings. The number of aryl methyl sites for hydroxylation is 2. The Balaban J connectivity index is 1.43. The Hall–Kier alpha value is -4.79. The van der Waals surface area contributed by atoms with Crippen LogP contribution in [0.4, 0.5) is 5.69 Å². The highest BCUT2D eigenvalue weighted by molar-refractivity contribution is 6.04. The molecule has 0 unspecified atom stereocenters. The molecule has 0 radical (unpaired) electrons. The molecular formula is C46H56N3O6+. The van der Waals surface area contributed by atoms with Crippen LogP contribution < -0.4 is 20.1 Å². The van der Waals surface area contributed by atoms with Gasteiger partial charge in [0, 0.05) is 61.5 Å². The predicted molar refractivity (Wildman–Crippen MR) is 214 cm³/mol. The molecule has 1 aliphatic carbocycles. The van der Waals surface area contributed by atoms with Crippen LogP contribution >= 0.6 is 0 Å². The van der Waals surface area contributed by atoms with Gasteiger partial charge in [-0.1, -0.05) is 65.9 Å². The average molecular weight is 747 g/mol. The predicted octanol–water partition coefficient (Wildman–Crippen LogP) is 6.84. The highest BCUT2D eigenvalue weighted by atomic mass is 16.7. The lowest BCUT2D eigenvalue weighted by Crippen LogP contribution is -2.43. The maximum absolute atomic E-state index is 13.3.